The van der Waals surface area contributed by atoms with Crippen molar-refractivity contribution in [2.24, 2.45) is 0 Å². The molecule has 0 aromatic carbocycles. The molecule has 98 valence electrons. The number of aromatic nitrogens is 2. The van der Waals surface area contributed by atoms with Crippen LogP contribution in [0.2, 0.25) is 0 Å². The fraction of sp³-hybridized carbons (Fsp3) is 0.500. The summed E-state index contributed by atoms with van der Waals surface area (Å²) in [4.78, 5) is 14.7. The molecule has 1 atom stereocenters. The lowest BCUT2D eigenvalue weighted by Gasteiger charge is -2.36. The molecule has 1 unspecified atom stereocenters. The maximum atomic E-state index is 12.1. The van der Waals surface area contributed by atoms with Crippen LogP contribution in [-0.4, -0.2) is 45.0 Å². The van der Waals surface area contributed by atoms with E-state index in [2.05, 4.69) is 16.8 Å². The van der Waals surface area contributed by atoms with Crippen LogP contribution >= 0.6 is 22.9 Å². The van der Waals surface area contributed by atoms with E-state index in [-0.39, 0.29) is 12.0 Å². The summed E-state index contributed by atoms with van der Waals surface area (Å²) in [6, 6.07) is -0.245. The molecular formula is C10H13ClN4O2S. The highest BCUT2D eigenvalue weighted by atomic mass is 35.5. The van der Waals surface area contributed by atoms with Gasteiger partial charge in [0, 0.05) is 19.4 Å². The third kappa shape index (κ3) is 2.47. The number of amides is 2. The number of halogens is 1. The second-order valence-corrected chi connectivity index (χ2v) is 5.06. The fourth-order valence-corrected chi connectivity index (χ4v) is 2.74. The fourth-order valence-electron chi connectivity index (χ4n) is 1.64. The summed E-state index contributed by atoms with van der Waals surface area (Å²) in [5.74, 6) is 0. The number of rotatable bonds is 4. The summed E-state index contributed by atoms with van der Waals surface area (Å²) >= 11 is 6.95. The molecule has 0 radical (unpaired) electrons. The van der Waals surface area contributed by atoms with E-state index in [1.165, 1.54) is 21.1 Å². The maximum Gasteiger partial charge on any atom is 0.329 e. The molecule has 6 nitrogen and oxygen atoms in total. The minimum atomic E-state index is -0.874. The highest BCUT2D eigenvalue weighted by Crippen LogP contribution is 2.27. The van der Waals surface area contributed by atoms with Gasteiger partial charge < -0.3 is 10.0 Å². The number of allylic oxidation sites excluding steroid dienone is 1. The smallest absolute Gasteiger partial charge is 0.329 e. The first-order chi connectivity index (χ1) is 8.67. The molecule has 0 bridgehead atoms. The van der Waals surface area contributed by atoms with Crippen LogP contribution in [0.3, 0.4) is 0 Å². The lowest BCUT2D eigenvalue weighted by atomic mass is 10.3. The molecule has 2 amide bonds. The molecule has 1 aromatic heterocycles. The van der Waals surface area contributed by atoms with Crippen molar-refractivity contribution in [3.63, 3.8) is 0 Å². The van der Waals surface area contributed by atoms with E-state index in [0.717, 1.165) is 5.01 Å². The van der Waals surface area contributed by atoms with Gasteiger partial charge in [-0.25, -0.2) is 9.69 Å². The Morgan fingerprint density at radius 2 is 2.39 bits per heavy atom. The quantitative estimate of drug-likeness (QED) is 0.517. The Kier molecular flexibility index (Phi) is 4.15. The van der Waals surface area contributed by atoms with E-state index in [0.29, 0.717) is 24.5 Å². The molecule has 0 saturated carbocycles. The normalized spacial score (nSPS) is 20.3. The van der Waals surface area contributed by atoms with Crippen molar-refractivity contribution in [1.82, 2.24) is 15.1 Å². The molecule has 8 heteroatoms. The van der Waals surface area contributed by atoms with Crippen molar-refractivity contribution in [3.05, 3.63) is 17.7 Å². The lowest BCUT2D eigenvalue weighted by Crippen LogP contribution is -2.54. The summed E-state index contributed by atoms with van der Waals surface area (Å²) in [5, 5.41) is 18.9. The van der Waals surface area contributed by atoms with Crippen molar-refractivity contribution < 1.29 is 9.90 Å². The number of alkyl halides is 1. The first kappa shape index (κ1) is 13.3. The third-order valence-electron chi connectivity index (χ3n) is 2.56. The molecule has 2 rings (SSSR count). The van der Waals surface area contributed by atoms with Crippen LogP contribution in [-0.2, 0) is 6.42 Å². The number of hydrogen-bond acceptors (Lipinski definition) is 5. The minimum absolute atomic E-state index is 0.0976. The predicted octanol–water partition coefficient (Wildman–Crippen LogP) is 1.41. The van der Waals surface area contributed by atoms with Crippen LogP contribution < -0.4 is 4.90 Å². The molecule has 18 heavy (non-hydrogen) atoms. The lowest BCUT2D eigenvalue weighted by molar-refractivity contribution is 0.114. The van der Waals surface area contributed by atoms with Gasteiger partial charge in [0.15, 0.2) is 0 Å². The van der Waals surface area contributed by atoms with Crippen molar-refractivity contribution in [3.8, 4) is 0 Å². The molecule has 1 aliphatic heterocycles. The summed E-state index contributed by atoms with van der Waals surface area (Å²) in [6.45, 7) is 4.06. The monoisotopic (exact) mass is 288 g/mol. The van der Waals surface area contributed by atoms with E-state index in [1.54, 1.807) is 6.08 Å². The number of nitrogens with zero attached hydrogens (tertiary/aromatic N) is 4. The maximum absolute atomic E-state index is 12.1. The van der Waals surface area contributed by atoms with E-state index >= 15 is 0 Å². The summed E-state index contributed by atoms with van der Waals surface area (Å²) in [5.41, 5.74) is 0. The number of urea groups is 1. The topological polar surface area (TPSA) is 69.6 Å². The van der Waals surface area contributed by atoms with E-state index in [9.17, 15) is 9.90 Å². The average molecular weight is 289 g/mol. The molecule has 0 aliphatic carbocycles. The predicted molar refractivity (Wildman–Crippen MR) is 69.7 cm³/mol. The molecule has 1 N–H and O–H groups in total. The van der Waals surface area contributed by atoms with Gasteiger partial charge in [0.1, 0.15) is 11.2 Å². The van der Waals surface area contributed by atoms with E-state index in [1.807, 2.05) is 0 Å². The Labute approximate surface area is 113 Å². The zero-order valence-electron chi connectivity index (χ0n) is 9.62. The molecule has 1 aromatic rings. The minimum Gasteiger partial charge on any atom is -0.373 e. The summed E-state index contributed by atoms with van der Waals surface area (Å²) in [6.07, 6.45) is 1.87. The molecule has 1 saturated heterocycles. The third-order valence-corrected chi connectivity index (χ3v) is 3.79. The summed E-state index contributed by atoms with van der Waals surface area (Å²) in [7, 11) is 0. The van der Waals surface area contributed by atoms with Crippen molar-refractivity contribution in [2.75, 3.05) is 17.4 Å². The molecule has 1 fully saturated rings. The number of carbonyl (C=O) groups is 1. The van der Waals surface area contributed by atoms with Crippen LogP contribution in [0.1, 0.15) is 11.4 Å². The largest absolute Gasteiger partial charge is 0.373 e. The zero-order chi connectivity index (χ0) is 13.1. The Balaban J connectivity index is 2.22. The average Bonchev–Trinajstić information content (AvgIpc) is 2.78. The van der Waals surface area contributed by atoms with Gasteiger partial charge in [0.2, 0.25) is 5.13 Å². The van der Waals surface area contributed by atoms with Gasteiger partial charge in [-0.05, 0) is 0 Å². The number of aliphatic hydroxyl groups is 1. The number of aliphatic hydroxyl groups excluding tert-OH is 1. The second-order valence-electron chi connectivity index (χ2n) is 3.78. The second kappa shape index (κ2) is 5.64. The Bertz CT molecular complexity index is 453. The SMILES string of the molecule is C=CCc1nnc(N2C(=O)N(CCl)CCC2O)s1. The molecular weight excluding hydrogens is 276 g/mol. The summed E-state index contributed by atoms with van der Waals surface area (Å²) < 4.78 is 0. The van der Waals surface area contributed by atoms with Gasteiger partial charge >= 0.3 is 6.03 Å². The van der Waals surface area contributed by atoms with Gasteiger partial charge in [-0.3, -0.25) is 0 Å². The van der Waals surface area contributed by atoms with Crippen LogP contribution in [0.15, 0.2) is 12.7 Å². The van der Waals surface area contributed by atoms with Crippen molar-refractivity contribution in [2.45, 2.75) is 19.1 Å². The van der Waals surface area contributed by atoms with Crippen LogP contribution in [0, 0.1) is 0 Å². The van der Waals surface area contributed by atoms with Gasteiger partial charge in [-0.15, -0.1) is 28.4 Å². The Hall–Kier alpha value is -1.18. The Morgan fingerprint density at radius 1 is 1.61 bits per heavy atom. The van der Waals surface area contributed by atoms with E-state index in [4.69, 9.17) is 11.6 Å². The van der Waals surface area contributed by atoms with Gasteiger partial charge in [0.05, 0.1) is 6.00 Å². The number of anilines is 1. The van der Waals surface area contributed by atoms with Gasteiger partial charge in [-0.2, -0.15) is 0 Å². The van der Waals surface area contributed by atoms with Gasteiger partial charge in [-0.1, -0.05) is 17.4 Å². The first-order valence-corrected chi connectivity index (χ1v) is 6.78. The zero-order valence-corrected chi connectivity index (χ0v) is 11.2. The van der Waals surface area contributed by atoms with E-state index < -0.39 is 6.23 Å². The molecule has 1 aliphatic rings. The molecule has 2 heterocycles. The van der Waals surface area contributed by atoms with Crippen LogP contribution in [0.4, 0.5) is 9.93 Å². The van der Waals surface area contributed by atoms with Crippen molar-refractivity contribution >= 4 is 34.1 Å². The highest BCUT2D eigenvalue weighted by Gasteiger charge is 2.34. The van der Waals surface area contributed by atoms with Crippen molar-refractivity contribution in [1.29, 1.82) is 0 Å². The number of carbonyl (C=O) groups excluding carboxylic acids is 1. The van der Waals surface area contributed by atoms with Gasteiger partial charge in [0.25, 0.3) is 0 Å². The highest BCUT2D eigenvalue weighted by molar-refractivity contribution is 7.15. The Morgan fingerprint density at radius 3 is 3.06 bits per heavy atom. The van der Waals surface area contributed by atoms with Crippen LogP contribution in [0.5, 0.6) is 0 Å². The van der Waals surface area contributed by atoms with Crippen LogP contribution in [0.25, 0.3) is 0 Å². The number of hydrogen-bond donors (Lipinski definition) is 1. The standard InChI is InChI=1S/C10H13ClN4O2S/c1-2-3-7-12-13-9(18-7)15-8(16)4-5-14(6-11)10(15)17/h2,8,16H,1,3-6H2. The first-order valence-electron chi connectivity index (χ1n) is 5.42. The molecule has 0 spiro atoms.